The van der Waals surface area contributed by atoms with E-state index in [9.17, 15) is 4.79 Å². The molecule has 118 valence electrons. The van der Waals surface area contributed by atoms with E-state index in [1.165, 1.54) is 0 Å². The molecule has 0 N–H and O–H groups in total. The third kappa shape index (κ3) is 3.10. The lowest BCUT2D eigenvalue weighted by molar-refractivity contribution is 0.317. The van der Waals surface area contributed by atoms with Gasteiger partial charge in [-0.15, -0.1) is 11.6 Å². The summed E-state index contributed by atoms with van der Waals surface area (Å²) in [6.45, 7) is 2.27. The summed E-state index contributed by atoms with van der Waals surface area (Å²) in [5, 5.41) is 0.533. The molecule has 0 atom stereocenters. The van der Waals surface area contributed by atoms with Crippen LogP contribution in [0, 0.1) is 6.92 Å². The molecule has 0 spiro atoms. The molecule has 23 heavy (non-hydrogen) atoms. The lowest BCUT2D eigenvalue weighted by atomic mass is 10.1. The molecule has 0 fully saturated rings. The van der Waals surface area contributed by atoms with Crippen LogP contribution in [-0.2, 0) is 0 Å². The molecule has 1 aromatic heterocycles. The van der Waals surface area contributed by atoms with Gasteiger partial charge in [0.15, 0.2) is 16.8 Å². The van der Waals surface area contributed by atoms with Gasteiger partial charge in [0.2, 0.25) is 0 Å². The number of hydrogen-bond acceptors (Lipinski definition) is 3. The summed E-state index contributed by atoms with van der Waals surface area (Å²) in [7, 11) is 0. The Bertz CT molecular complexity index is 869. The van der Waals surface area contributed by atoms with Crippen LogP contribution in [0.3, 0.4) is 0 Å². The smallest absolute Gasteiger partial charge is 0.196 e. The first kappa shape index (κ1) is 15.6. The number of ether oxygens (including phenoxy) is 1. The quantitative estimate of drug-likeness (QED) is 0.500. The summed E-state index contributed by atoms with van der Waals surface area (Å²) in [6.07, 6.45) is 0.736. The Morgan fingerprint density at radius 1 is 1.09 bits per heavy atom. The Morgan fingerprint density at radius 2 is 1.87 bits per heavy atom. The molecule has 0 bridgehead atoms. The number of fused-ring (bicyclic) bond motifs is 1. The highest BCUT2D eigenvalue weighted by Crippen LogP contribution is 2.30. The van der Waals surface area contributed by atoms with Crippen molar-refractivity contribution in [1.29, 1.82) is 0 Å². The lowest BCUT2D eigenvalue weighted by Gasteiger charge is -2.11. The lowest BCUT2D eigenvalue weighted by Crippen LogP contribution is -2.08. The minimum absolute atomic E-state index is 0.0344. The highest BCUT2D eigenvalue weighted by Gasteiger charge is 2.15. The van der Waals surface area contributed by atoms with Gasteiger partial charge in [-0.2, -0.15) is 0 Å². The van der Waals surface area contributed by atoms with Crippen LogP contribution in [0.5, 0.6) is 5.75 Å². The molecule has 3 aromatic rings. The first-order chi connectivity index (χ1) is 11.2. The van der Waals surface area contributed by atoms with Crippen molar-refractivity contribution >= 4 is 22.6 Å². The summed E-state index contributed by atoms with van der Waals surface area (Å²) >= 11 is 5.68. The molecule has 3 nitrogen and oxygen atoms in total. The molecular formula is C19H17ClO3. The van der Waals surface area contributed by atoms with Crippen LogP contribution in [0.2, 0.25) is 0 Å². The van der Waals surface area contributed by atoms with Crippen LogP contribution in [0.15, 0.2) is 57.7 Å². The van der Waals surface area contributed by atoms with Crippen LogP contribution in [0.1, 0.15) is 12.0 Å². The Kier molecular flexibility index (Phi) is 4.68. The monoisotopic (exact) mass is 328 g/mol. The standard InChI is InChI=1S/C19H17ClO3/c1-13-17(21)15-9-5-10-16(22-12-6-11-20)19(15)23-18(13)14-7-3-2-4-8-14/h2-5,7-10H,6,11-12H2,1H3. The Labute approximate surface area is 139 Å². The van der Waals surface area contributed by atoms with Crippen molar-refractivity contribution in [2.24, 2.45) is 0 Å². The average molecular weight is 329 g/mol. The second kappa shape index (κ2) is 6.88. The summed E-state index contributed by atoms with van der Waals surface area (Å²) < 4.78 is 11.8. The van der Waals surface area contributed by atoms with E-state index < -0.39 is 0 Å². The van der Waals surface area contributed by atoms with Crippen LogP contribution < -0.4 is 10.2 Å². The van der Waals surface area contributed by atoms with E-state index in [0.717, 1.165) is 12.0 Å². The van der Waals surface area contributed by atoms with Gasteiger partial charge < -0.3 is 9.15 Å². The van der Waals surface area contributed by atoms with E-state index in [1.54, 1.807) is 19.1 Å². The summed E-state index contributed by atoms with van der Waals surface area (Å²) in [5.41, 5.74) is 1.92. The molecular weight excluding hydrogens is 312 g/mol. The number of hydrogen-bond donors (Lipinski definition) is 0. The van der Waals surface area contributed by atoms with Crippen molar-refractivity contribution in [3.63, 3.8) is 0 Å². The predicted molar refractivity (Wildman–Crippen MR) is 93.5 cm³/mol. The van der Waals surface area contributed by atoms with Gasteiger partial charge in [0.05, 0.1) is 12.0 Å². The average Bonchev–Trinajstić information content (AvgIpc) is 2.59. The van der Waals surface area contributed by atoms with Gasteiger partial charge in [-0.05, 0) is 25.5 Å². The zero-order chi connectivity index (χ0) is 16.2. The van der Waals surface area contributed by atoms with Gasteiger partial charge in [-0.25, -0.2) is 0 Å². The molecule has 0 unspecified atom stereocenters. The molecule has 0 saturated heterocycles. The van der Waals surface area contributed by atoms with Gasteiger partial charge in [0, 0.05) is 17.0 Å². The second-order valence-corrected chi connectivity index (χ2v) is 5.65. The first-order valence-electron chi connectivity index (χ1n) is 7.53. The highest BCUT2D eigenvalue weighted by molar-refractivity contribution is 6.17. The van der Waals surface area contributed by atoms with Gasteiger partial charge in [0.1, 0.15) is 5.76 Å². The molecule has 4 heteroatoms. The fraction of sp³-hybridized carbons (Fsp3) is 0.211. The van der Waals surface area contributed by atoms with Gasteiger partial charge in [-0.3, -0.25) is 4.79 Å². The van der Waals surface area contributed by atoms with Gasteiger partial charge in [-0.1, -0.05) is 36.4 Å². The number of para-hydroxylation sites is 1. The van der Waals surface area contributed by atoms with E-state index in [4.69, 9.17) is 20.8 Å². The topological polar surface area (TPSA) is 39.4 Å². The van der Waals surface area contributed by atoms with Crippen molar-refractivity contribution < 1.29 is 9.15 Å². The minimum atomic E-state index is -0.0344. The predicted octanol–water partition coefficient (Wildman–Crippen LogP) is 4.78. The van der Waals surface area contributed by atoms with Crippen molar-refractivity contribution in [3.05, 3.63) is 64.3 Å². The fourth-order valence-corrected chi connectivity index (χ4v) is 2.61. The molecule has 0 aliphatic carbocycles. The Balaban J connectivity index is 2.18. The maximum Gasteiger partial charge on any atom is 0.196 e. The third-order valence-corrected chi connectivity index (χ3v) is 3.95. The van der Waals surface area contributed by atoms with E-state index >= 15 is 0 Å². The number of benzene rings is 2. The van der Waals surface area contributed by atoms with Gasteiger partial charge in [0.25, 0.3) is 0 Å². The van der Waals surface area contributed by atoms with Crippen LogP contribution in [0.25, 0.3) is 22.3 Å². The molecule has 1 heterocycles. The van der Waals surface area contributed by atoms with Crippen LogP contribution >= 0.6 is 11.6 Å². The normalized spacial score (nSPS) is 10.9. The molecule has 0 aliphatic heterocycles. The Morgan fingerprint density at radius 3 is 2.61 bits per heavy atom. The zero-order valence-electron chi connectivity index (χ0n) is 12.8. The molecule has 2 aromatic carbocycles. The maximum atomic E-state index is 12.7. The molecule has 0 radical (unpaired) electrons. The van der Waals surface area contributed by atoms with Crippen molar-refractivity contribution in [2.45, 2.75) is 13.3 Å². The Hall–Kier alpha value is -2.26. The highest BCUT2D eigenvalue weighted by atomic mass is 35.5. The molecule has 0 saturated carbocycles. The molecule has 0 aliphatic rings. The van der Waals surface area contributed by atoms with Gasteiger partial charge >= 0.3 is 0 Å². The summed E-state index contributed by atoms with van der Waals surface area (Å²) in [4.78, 5) is 12.7. The minimum Gasteiger partial charge on any atom is -0.490 e. The maximum absolute atomic E-state index is 12.7. The fourth-order valence-electron chi connectivity index (χ4n) is 2.50. The largest absolute Gasteiger partial charge is 0.490 e. The first-order valence-corrected chi connectivity index (χ1v) is 8.06. The van der Waals surface area contributed by atoms with Crippen LogP contribution in [-0.4, -0.2) is 12.5 Å². The van der Waals surface area contributed by atoms with E-state index in [-0.39, 0.29) is 5.43 Å². The number of rotatable bonds is 5. The number of alkyl halides is 1. The molecule has 3 rings (SSSR count). The molecule has 0 amide bonds. The number of halogens is 1. The van der Waals surface area contributed by atoms with E-state index in [2.05, 4.69) is 0 Å². The zero-order valence-corrected chi connectivity index (χ0v) is 13.6. The third-order valence-electron chi connectivity index (χ3n) is 3.68. The van der Waals surface area contributed by atoms with Crippen molar-refractivity contribution in [2.75, 3.05) is 12.5 Å². The SMILES string of the molecule is Cc1c(-c2ccccc2)oc2c(OCCCCl)cccc2c1=O. The van der Waals surface area contributed by atoms with E-state index in [0.29, 0.717) is 40.5 Å². The van der Waals surface area contributed by atoms with Crippen molar-refractivity contribution in [3.8, 4) is 17.1 Å². The van der Waals surface area contributed by atoms with Crippen LogP contribution in [0.4, 0.5) is 0 Å². The summed E-state index contributed by atoms with van der Waals surface area (Å²) in [6, 6.07) is 15.0. The second-order valence-electron chi connectivity index (χ2n) is 5.28. The van der Waals surface area contributed by atoms with Crippen molar-refractivity contribution in [1.82, 2.24) is 0 Å². The van der Waals surface area contributed by atoms with E-state index in [1.807, 2.05) is 36.4 Å². The summed E-state index contributed by atoms with van der Waals surface area (Å²) in [5.74, 6) is 1.68.